The summed E-state index contributed by atoms with van der Waals surface area (Å²) in [5.41, 5.74) is 2.06. The van der Waals surface area contributed by atoms with E-state index in [1.165, 1.54) is 0 Å². The molecule has 0 spiro atoms. The van der Waals surface area contributed by atoms with Crippen LogP contribution in [0.2, 0.25) is 5.02 Å². The predicted octanol–water partition coefficient (Wildman–Crippen LogP) is 2.80. The van der Waals surface area contributed by atoms with E-state index in [0.717, 1.165) is 13.1 Å². The zero-order chi connectivity index (χ0) is 19.6. The third-order valence-corrected chi connectivity index (χ3v) is 6.44. The lowest BCUT2D eigenvalue weighted by Crippen LogP contribution is -2.46. The smallest absolute Gasteiger partial charge is 0.262 e. The van der Waals surface area contributed by atoms with E-state index in [2.05, 4.69) is 10.0 Å². The van der Waals surface area contributed by atoms with Crippen molar-refractivity contribution in [1.29, 1.82) is 0 Å². The zero-order valence-corrected chi connectivity index (χ0v) is 16.8. The number of hydrogen-bond donors (Lipinski definition) is 2. The summed E-state index contributed by atoms with van der Waals surface area (Å²) in [7, 11) is -3.79. The molecule has 3 rings (SSSR count). The Morgan fingerprint density at radius 2 is 1.81 bits per heavy atom. The van der Waals surface area contributed by atoms with E-state index in [-0.39, 0.29) is 10.8 Å². The fraction of sp³-hybridized carbons (Fsp3) is 0.316. The zero-order valence-electron chi connectivity index (χ0n) is 15.3. The molecule has 0 saturated carbocycles. The molecule has 0 aliphatic carbocycles. The summed E-state index contributed by atoms with van der Waals surface area (Å²) in [4.78, 5) is 14.6. The second-order valence-corrected chi connectivity index (χ2v) is 8.65. The van der Waals surface area contributed by atoms with E-state index in [9.17, 15) is 13.2 Å². The van der Waals surface area contributed by atoms with Gasteiger partial charge in [0, 0.05) is 42.5 Å². The lowest BCUT2D eigenvalue weighted by Gasteiger charge is -2.27. The highest BCUT2D eigenvalue weighted by Gasteiger charge is 2.21. The highest BCUT2D eigenvalue weighted by atomic mass is 35.5. The van der Waals surface area contributed by atoms with Gasteiger partial charge in [-0.15, -0.1) is 0 Å². The number of nitrogens with zero attached hydrogens (tertiary/aromatic N) is 1. The second-order valence-electron chi connectivity index (χ2n) is 6.60. The van der Waals surface area contributed by atoms with Gasteiger partial charge in [0.15, 0.2) is 0 Å². The van der Waals surface area contributed by atoms with Gasteiger partial charge in [0.05, 0.1) is 4.90 Å². The van der Waals surface area contributed by atoms with E-state index in [0.29, 0.717) is 40.5 Å². The van der Waals surface area contributed by atoms with Crippen molar-refractivity contribution in [3.05, 3.63) is 58.1 Å². The van der Waals surface area contributed by atoms with E-state index in [1.54, 1.807) is 55.1 Å². The molecule has 1 fully saturated rings. The van der Waals surface area contributed by atoms with Gasteiger partial charge < -0.3 is 10.2 Å². The van der Waals surface area contributed by atoms with Crippen LogP contribution in [0.4, 0.5) is 5.69 Å². The topological polar surface area (TPSA) is 78.5 Å². The van der Waals surface area contributed by atoms with Crippen molar-refractivity contribution in [3.63, 3.8) is 0 Å². The van der Waals surface area contributed by atoms with Crippen LogP contribution in [0.25, 0.3) is 0 Å². The van der Waals surface area contributed by atoms with Crippen molar-refractivity contribution in [2.45, 2.75) is 18.7 Å². The molecule has 1 aliphatic rings. The first-order chi connectivity index (χ1) is 12.8. The van der Waals surface area contributed by atoms with Crippen LogP contribution in [0, 0.1) is 13.8 Å². The maximum Gasteiger partial charge on any atom is 0.262 e. The summed E-state index contributed by atoms with van der Waals surface area (Å²) < 4.78 is 28.2. The lowest BCUT2D eigenvalue weighted by molar-refractivity contribution is 0.0736. The number of amides is 1. The first-order valence-corrected chi connectivity index (χ1v) is 10.5. The van der Waals surface area contributed by atoms with Crippen molar-refractivity contribution in [1.82, 2.24) is 10.2 Å². The number of piperazine rings is 1. The normalized spacial score (nSPS) is 14.9. The second kappa shape index (κ2) is 7.88. The molecule has 2 aromatic carbocycles. The molecule has 1 amide bonds. The fourth-order valence-electron chi connectivity index (χ4n) is 3.02. The Bertz CT molecular complexity index is 970. The van der Waals surface area contributed by atoms with Gasteiger partial charge in [-0.05, 0) is 55.3 Å². The summed E-state index contributed by atoms with van der Waals surface area (Å²) >= 11 is 6.06. The number of rotatable bonds is 4. The predicted molar refractivity (Wildman–Crippen MR) is 107 cm³/mol. The van der Waals surface area contributed by atoms with Crippen molar-refractivity contribution in [2.75, 3.05) is 30.9 Å². The molecule has 0 unspecified atom stereocenters. The van der Waals surface area contributed by atoms with Crippen LogP contribution in [0.5, 0.6) is 0 Å². The summed E-state index contributed by atoms with van der Waals surface area (Å²) in [6.45, 7) is 6.24. The lowest BCUT2D eigenvalue weighted by atomic mass is 10.1. The van der Waals surface area contributed by atoms with Crippen molar-refractivity contribution >= 4 is 33.2 Å². The molecule has 144 valence electrons. The fourth-order valence-corrected chi connectivity index (χ4v) is 4.60. The molecule has 1 saturated heterocycles. The van der Waals surface area contributed by atoms with Crippen LogP contribution in [0.15, 0.2) is 41.3 Å². The molecular formula is C19H22ClN3O3S. The summed E-state index contributed by atoms with van der Waals surface area (Å²) in [5.74, 6) is -0.101. The van der Waals surface area contributed by atoms with Gasteiger partial charge in [-0.1, -0.05) is 17.7 Å². The standard InChI is InChI=1S/C19H22ClN3O3S/c1-13-11-18(14(2)10-17(13)20)27(25,26)22-16-5-3-4-15(12-16)19(24)23-8-6-21-7-9-23/h3-5,10-12,21-22H,6-9H2,1-2H3. The van der Waals surface area contributed by atoms with Crippen molar-refractivity contribution < 1.29 is 13.2 Å². The molecular weight excluding hydrogens is 386 g/mol. The van der Waals surface area contributed by atoms with Crippen LogP contribution in [0.1, 0.15) is 21.5 Å². The molecule has 0 aromatic heterocycles. The molecule has 0 bridgehead atoms. The van der Waals surface area contributed by atoms with Gasteiger partial charge in [-0.25, -0.2) is 8.42 Å². The number of aryl methyl sites for hydroxylation is 2. The van der Waals surface area contributed by atoms with E-state index in [4.69, 9.17) is 11.6 Å². The third-order valence-electron chi connectivity index (χ3n) is 4.51. The van der Waals surface area contributed by atoms with E-state index < -0.39 is 10.0 Å². The average Bonchev–Trinajstić information content (AvgIpc) is 2.64. The maximum atomic E-state index is 12.8. The Kier molecular flexibility index (Phi) is 5.74. The van der Waals surface area contributed by atoms with Gasteiger partial charge in [0.1, 0.15) is 0 Å². The minimum Gasteiger partial charge on any atom is -0.336 e. The number of carbonyl (C=O) groups excluding carboxylic acids is 1. The number of hydrogen-bond acceptors (Lipinski definition) is 4. The summed E-state index contributed by atoms with van der Waals surface area (Å²) in [5, 5.41) is 3.72. The highest BCUT2D eigenvalue weighted by molar-refractivity contribution is 7.92. The molecule has 0 radical (unpaired) electrons. The monoisotopic (exact) mass is 407 g/mol. The SMILES string of the molecule is Cc1cc(S(=O)(=O)Nc2cccc(C(=O)N3CCNCC3)c2)c(C)cc1Cl. The van der Waals surface area contributed by atoms with Gasteiger partial charge in [-0.3, -0.25) is 9.52 Å². The van der Waals surface area contributed by atoms with Crippen molar-refractivity contribution in [3.8, 4) is 0 Å². The van der Waals surface area contributed by atoms with Crippen molar-refractivity contribution in [2.24, 2.45) is 0 Å². The third kappa shape index (κ3) is 4.43. The van der Waals surface area contributed by atoms with E-state index >= 15 is 0 Å². The number of halogens is 1. The summed E-state index contributed by atoms with van der Waals surface area (Å²) in [6, 6.07) is 9.75. The Balaban J connectivity index is 1.85. The van der Waals surface area contributed by atoms with Gasteiger partial charge in [0.25, 0.3) is 15.9 Å². The molecule has 1 aliphatic heterocycles. The number of sulfonamides is 1. The van der Waals surface area contributed by atoms with Crippen LogP contribution in [-0.2, 0) is 10.0 Å². The largest absolute Gasteiger partial charge is 0.336 e. The number of benzene rings is 2. The highest BCUT2D eigenvalue weighted by Crippen LogP contribution is 2.26. The first kappa shape index (κ1) is 19.7. The molecule has 2 N–H and O–H groups in total. The van der Waals surface area contributed by atoms with E-state index in [1.807, 2.05) is 0 Å². The summed E-state index contributed by atoms with van der Waals surface area (Å²) in [6.07, 6.45) is 0. The number of carbonyl (C=O) groups is 1. The quantitative estimate of drug-likeness (QED) is 0.816. The van der Waals surface area contributed by atoms with Crippen LogP contribution < -0.4 is 10.0 Å². The Morgan fingerprint density at radius 1 is 1.11 bits per heavy atom. The van der Waals surface area contributed by atoms with Gasteiger partial charge in [0.2, 0.25) is 0 Å². The van der Waals surface area contributed by atoms with Gasteiger partial charge >= 0.3 is 0 Å². The minimum absolute atomic E-state index is 0.101. The Labute approximate surface area is 164 Å². The van der Waals surface area contributed by atoms with Crippen LogP contribution >= 0.6 is 11.6 Å². The average molecular weight is 408 g/mol. The molecule has 27 heavy (non-hydrogen) atoms. The minimum atomic E-state index is -3.79. The molecule has 0 atom stereocenters. The Morgan fingerprint density at radius 3 is 2.52 bits per heavy atom. The molecule has 8 heteroatoms. The van der Waals surface area contributed by atoms with Crippen LogP contribution in [-0.4, -0.2) is 45.4 Å². The van der Waals surface area contributed by atoms with Gasteiger partial charge in [-0.2, -0.15) is 0 Å². The molecule has 1 heterocycles. The molecule has 2 aromatic rings. The first-order valence-electron chi connectivity index (χ1n) is 8.67. The maximum absolute atomic E-state index is 12.8. The Hall–Kier alpha value is -2.09. The number of anilines is 1. The molecule has 6 nitrogen and oxygen atoms in total. The number of nitrogens with one attached hydrogen (secondary N) is 2. The van der Waals surface area contributed by atoms with Crippen LogP contribution in [0.3, 0.4) is 0 Å².